The van der Waals surface area contributed by atoms with Gasteiger partial charge in [-0.25, -0.2) is 0 Å². The van der Waals surface area contributed by atoms with Crippen LogP contribution < -0.4 is 9.54 Å². The lowest BCUT2D eigenvalue weighted by atomic mass is 10.2. The number of carbonyl (C=O) groups excluding carboxylic acids is 2. The second kappa shape index (κ2) is 9.07. The number of hydrogen-bond acceptors (Lipinski definition) is 6. The van der Waals surface area contributed by atoms with Crippen LogP contribution in [0, 0.1) is 0 Å². The maximum atomic E-state index is 12.7. The Bertz CT molecular complexity index is 1070. The summed E-state index contributed by atoms with van der Waals surface area (Å²) in [6.07, 6.45) is 0. The van der Waals surface area contributed by atoms with E-state index in [1.54, 1.807) is 41.6 Å². The third-order valence-electron chi connectivity index (χ3n) is 4.01. The summed E-state index contributed by atoms with van der Waals surface area (Å²) in [5.74, 6) is 0.896. The summed E-state index contributed by atoms with van der Waals surface area (Å²) in [6, 6.07) is 12.9. The normalized spacial score (nSPS) is 11.6. The molecule has 0 aliphatic carbocycles. The first-order chi connectivity index (χ1) is 13.5. The number of rotatable bonds is 6. The zero-order valence-electron chi connectivity index (χ0n) is 15.8. The molecule has 0 saturated heterocycles. The minimum atomic E-state index is -0.412. The third kappa shape index (κ3) is 4.45. The Morgan fingerprint density at radius 3 is 2.54 bits per heavy atom. The number of aromatic nitrogens is 1. The summed E-state index contributed by atoms with van der Waals surface area (Å²) in [4.78, 5) is 30.3. The van der Waals surface area contributed by atoms with Crippen LogP contribution in [-0.4, -0.2) is 36.4 Å². The summed E-state index contributed by atoms with van der Waals surface area (Å²) < 4.78 is 12.6. The highest BCUT2D eigenvalue weighted by molar-refractivity contribution is 7.99. The minimum absolute atomic E-state index is 0.0268. The molecule has 3 rings (SSSR count). The first-order valence-corrected chi connectivity index (χ1v) is 10.4. The van der Waals surface area contributed by atoms with Gasteiger partial charge in [-0.1, -0.05) is 18.3 Å². The summed E-state index contributed by atoms with van der Waals surface area (Å²) in [7, 11) is 2.92. The SMILES string of the molecule is CCSc1ccc(C(=O)N=c2sc3cc(OC)ccc3n2CC(=O)OC)cc1. The molecular weight excluding hydrogens is 396 g/mol. The van der Waals surface area contributed by atoms with Crippen molar-refractivity contribution in [2.45, 2.75) is 18.4 Å². The first kappa shape index (κ1) is 20.2. The predicted molar refractivity (Wildman–Crippen MR) is 111 cm³/mol. The topological polar surface area (TPSA) is 69.9 Å². The summed E-state index contributed by atoms with van der Waals surface area (Å²) in [5, 5.41) is 0. The van der Waals surface area contributed by atoms with Crippen LogP contribution in [0.1, 0.15) is 17.3 Å². The van der Waals surface area contributed by atoms with E-state index >= 15 is 0 Å². The maximum Gasteiger partial charge on any atom is 0.325 e. The molecule has 0 spiro atoms. The summed E-state index contributed by atoms with van der Waals surface area (Å²) in [5.41, 5.74) is 1.29. The Hall–Kier alpha value is -2.58. The number of fused-ring (bicyclic) bond motifs is 1. The highest BCUT2D eigenvalue weighted by Crippen LogP contribution is 2.23. The fourth-order valence-corrected chi connectivity index (χ4v) is 4.34. The van der Waals surface area contributed by atoms with Crippen LogP contribution >= 0.6 is 23.1 Å². The van der Waals surface area contributed by atoms with Gasteiger partial charge < -0.3 is 14.0 Å². The monoisotopic (exact) mass is 416 g/mol. The molecule has 6 nitrogen and oxygen atoms in total. The van der Waals surface area contributed by atoms with E-state index in [-0.39, 0.29) is 12.5 Å². The van der Waals surface area contributed by atoms with Crippen LogP contribution in [0.25, 0.3) is 10.2 Å². The smallest absolute Gasteiger partial charge is 0.325 e. The molecular formula is C20H20N2O4S2. The predicted octanol–water partition coefficient (Wildman–Crippen LogP) is 3.74. The average Bonchev–Trinajstić information content (AvgIpc) is 3.04. The van der Waals surface area contributed by atoms with Gasteiger partial charge in [-0.05, 0) is 48.2 Å². The quantitative estimate of drug-likeness (QED) is 0.452. The van der Waals surface area contributed by atoms with Crippen LogP contribution in [-0.2, 0) is 16.1 Å². The van der Waals surface area contributed by atoms with Gasteiger partial charge in [0.05, 0.1) is 24.4 Å². The van der Waals surface area contributed by atoms with Crippen molar-refractivity contribution < 1.29 is 19.1 Å². The zero-order valence-corrected chi connectivity index (χ0v) is 17.4. The molecule has 28 heavy (non-hydrogen) atoms. The molecule has 0 aliphatic heterocycles. The highest BCUT2D eigenvalue weighted by atomic mass is 32.2. The fourth-order valence-electron chi connectivity index (χ4n) is 2.62. The molecule has 3 aromatic rings. The zero-order chi connectivity index (χ0) is 20.1. The van der Waals surface area contributed by atoms with Gasteiger partial charge in [-0.15, -0.1) is 11.8 Å². The largest absolute Gasteiger partial charge is 0.497 e. The number of thioether (sulfide) groups is 1. The van der Waals surface area contributed by atoms with Crippen molar-refractivity contribution in [3.05, 3.63) is 52.8 Å². The first-order valence-electron chi connectivity index (χ1n) is 8.61. The molecule has 8 heteroatoms. The fraction of sp³-hybridized carbons (Fsp3) is 0.250. The van der Waals surface area contributed by atoms with E-state index in [9.17, 15) is 9.59 Å². The third-order valence-corrected chi connectivity index (χ3v) is 5.95. The Morgan fingerprint density at radius 2 is 1.89 bits per heavy atom. The van der Waals surface area contributed by atoms with E-state index in [0.717, 1.165) is 20.9 Å². The number of ether oxygens (including phenoxy) is 2. The van der Waals surface area contributed by atoms with E-state index in [1.165, 1.54) is 18.4 Å². The number of benzene rings is 2. The lowest BCUT2D eigenvalue weighted by molar-refractivity contribution is -0.141. The number of hydrogen-bond donors (Lipinski definition) is 0. The van der Waals surface area contributed by atoms with E-state index < -0.39 is 5.97 Å². The van der Waals surface area contributed by atoms with Gasteiger partial charge in [-0.3, -0.25) is 9.59 Å². The second-order valence-electron chi connectivity index (χ2n) is 5.75. The van der Waals surface area contributed by atoms with E-state index in [1.807, 2.05) is 24.3 Å². The van der Waals surface area contributed by atoms with Crippen molar-refractivity contribution in [1.29, 1.82) is 0 Å². The average molecular weight is 417 g/mol. The van der Waals surface area contributed by atoms with Gasteiger partial charge >= 0.3 is 5.97 Å². The molecule has 1 heterocycles. The van der Waals surface area contributed by atoms with Gasteiger partial charge in [0, 0.05) is 10.5 Å². The molecule has 0 aliphatic rings. The molecule has 2 aromatic carbocycles. The molecule has 1 amide bonds. The Kier molecular flexibility index (Phi) is 6.53. The van der Waals surface area contributed by atoms with Crippen LogP contribution in [0.3, 0.4) is 0 Å². The molecule has 0 atom stereocenters. The van der Waals surface area contributed by atoms with Crippen molar-refractivity contribution in [2.75, 3.05) is 20.0 Å². The van der Waals surface area contributed by atoms with Gasteiger partial charge in [0.1, 0.15) is 12.3 Å². The Balaban J connectivity index is 2.05. The van der Waals surface area contributed by atoms with E-state index in [2.05, 4.69) is 11.9 Å². The number of thiazole rings is 1. The molecule has 0 bridgehead atoms. The summed E-state index contributed by atoms with van der Waals surface area (Å²) in [6.45, 7) is 2.05. The van der Waals surface area contributed by atoms with Crippen molar-refractivity contribution >= 4 is 45.2 Å². The molecule has 146 valence electrons. The number of esters is 1. The molecule has 1 aromatic heterocycles. The number of amides is 1. The van der Waals surface area contributed by atoms with Crippen molar-refractivity contribution in [3.63, 3.8) is 0 Å². The Labute approximate surface area is 170 Å². The van der Waals surface area contributed by atoms with E-state index in [4.69, 9.17) is 9.47 Å². The molecule has 0 unspecified atom stereocenters. The van der Waals surface area contributed by atoms with Crippen LogP contribution in [0.5, 0.6) is 5.75 Å². The molecule has 0 radical (unpaired) electrons. The van der Waals surface area contributed by atoms with Gasteiger partial charge in [0.25, 0.3) is 5.91 Å². The van der Waals surface area contributed by atoms with Crippen molar-refractivity contribution in [2.24, 2.45) is 4.99 Å². The highest BCUT2D eigenvalue weighted by Gasteiger charge is 2.13. The minimum Gasteiger partial charge on any atom is -0.497 e. The lowest BCUT2D eigenvalue weighted by Crippen LogP contribution is -2.22. The van der Waals surface area contributed by atoms with Crippen molar-refractivity contribution in [3.8, 4) is 5.75 Å². The Morgan fingerprint density at radius 1 is 1.14 bits per heavy atom. The maximum absolute atomic E-state index is 12.7. The molecule has 0 fully saturated rings. The molecule has 0 saturated carbocycles. The summed E-state index contributed by atoms with van der Waals surface area (Å²) >= 11 is 3.03. The van der Waals surface area contributed by atoms with Crippen LogP contribution in [0.2, 0.25) is 0 Å². The standard InChI is InChI=1S/C20H20N2O4S2/c1-4-27-15-8-5-13(6-9-15)19(24)21-20-22(12-18(23)26-3)16-10-7-14(25-2)11-17(16)28-20/h5-11H,4,12H2,1-3H3. The second-order valence-corrected chi connectivity index (χ2v) is 8.10. The lowest BCUT2D eigenvalue weighted by Gasteiger charge is -2.04. The van der Waals surface area contributed by atoms with Crippen molar-refractivity contribution in [1.82, 2.24) is 4.57 Å². The molecule has 0 N–H and O–H groups in total. The van der Waals surface area contributed by atoms with Gasteiger partial charge in [-0.2, -0.15) is 4.99 Å². The van der Waals surface area contributed by atoms with Crippen LogP contribution in [0.4, 0.5) is 0 Å². The number of nitrogens with zero attached hydrogens (tertiary/aromatic N) is 2. The van der Waals surface area contributed by atoms with E-state index in [0.29, 0.717) is 16.1 Å². The number of carbonyl (C=O) groups is 2. The number of methoxy groups -OCH3 is 2. The van der Waals surface area contributed by atoms with Gasteiger partial charge in [0.2, 0.25) is 0 Å². The van der Waals surface area contributed by atoms with Gasteiger partial charge in [0.15, 0.2) is 4.80 Å². The van der Waals surface area contributed by atoms with Crippen LogP contribution in [0.15, 0.2) is 52.4 Å².